The molecule has 0 aromatic heterocycles. The zero-order valence-corrected chi connectivity index (χ0v) is 12.5. The van der Waals surface area contributed by atoms with Gasteiger partial charge in [0.25, 0.3) is 0 Å². The van der Waals surface area contributed by atoms with Crippen LogP contribution in [0.1, 0.15) is 12.5 Å². The number of hydrogen-bond acceptors (Lipinski definition) is 3. The van der Waals surface area contributed by atoms with Crippen LogP contribution in [-0.4, -0.2) is 42.8 Å². The van der Waals surface area contributed by atoms with Crippen LogP contribution in [-0.2, 0) is 10.9 Å². The van der Waals surface area contributed by atoms with E-state index in [4.69, 9.17) is 0 Å². The van der Waals surface area contributed by atoms with Gasteiger partial charge in [0.1, 0.15) is 0 Å². The Morgan fingerprint density at radius 1 is 1.26 bits per heavy atom. The number of alkyl halides is 3. The van der Waals surface area contributed by atoms with Crippen LogP contribution in [0.25, 0.3) is 0 Å². The first-order chi connectivity index (χ1) is 10.6. The number of benzene rings is 1. The smallest absolute Gasteiger partial charge is 0.418 e. The van der Waals surface area contributed by atoms with Gasteiger partial charge in [0.15, 0.2) is 0 Å². The lowest BCUT2D eigenvalue weighted by atomic mass is 9.93. The van der Waals surface area contributed by atoms with E-state index in [0.717, 1.165) is 6.07 Å². The zero-order chi connectivity index (χ0) is 17.3. The molecule has 0 spiro atoms. The van der Waals surface area contributed by atoms with Crippen LogP contribution in [0.4, 0.5) is 28.4 Å². The first-order valence-corrected chi connectivity index (χ1v) is 6.73. The van der Waals surface area contributed by atoms with Crippen LogP contribution >= 0.6 is 0 Å². The second-order valence-corrected chi connectivity index (χ2v) is 5.51. The number of amides is 3. The van der Waals surface area contributed by atoms with Crippen LogP contribution in [0.3, 0.4) is 0 Å². The summed E-state index contributed by atoms with van der Waals surface area (Å²) in [5.74, 6) is 0. The summed E-state index contributed by atoms with van der Waals surface area (Å²) >= 11 is 0. The Kier molecular flexibility index (Phi) is 4.39. The topological polar surface area (TPSA) is 70.7 Å². The van der Waals surface area contributed by atoms with Crippen LogP contribution in [0, 0.1) is 0 Å². The van der Waals surface area contributed by atoms with Crippen molar-refractivity contribution >= 4 is 17.8 Å². The minimum Gasteiger partial charge on any atom is -0.453 e. The molecule has 126 valence electrons. The molecule has 0 aliphatic carbocycles. The molecular formula is C14H16F3N3O3. The summed E-state index contributed by atoms with van der Waals surface area (Å²) in [6, 6.07) is 3.93. The molecule has 1 fully saturated rings. The Hall–Kier alpha value is -2.45. The molecule has 1 aliphatic heterocycles. The summed E-state index contributed by atoms with van der Waals surface area (Å²) in [5, 5.41) is 4.76. The molecule has 0 radical (unpaired) electrons. The van der Waals surface area contributed by atoms with E-state index in [9.17, 15) is 22.8 Å². The molecule has 0 saturated carbocycles. The Bertz CT molecular complexity index is 613. The summed E-state index contributed by atoms with van der Waals surface area (Å²) in [4.78, 5) is 24.6. The molecule has 0 unspecified atom stereocenters. The highest BCUT2D eigenvalue weighted by molar-refractivity contribution is 5.91. The average Bonchev–Trinajstić information content (AvgIpc) is 2.43. The molecule has 1 saturated heterocycles. The molecule has 2 rings (SSSR count). The minimum atomic E-state index is -4.56. The second-order valence-electron chi connectivity index (χ2n) is 5.51. The predicted molar refractivity (Wildman–Crippen MR) is 76.0 cm³/mol. The van der Waals surface area contributed by atoms with Gasteiger partial charge in [-0.3, -0.25) is 0 Å². The normalized spacial score (nSPS) is 16.3. The number of nitrogens with zero attached hydrogens (tertiary/aromatic N) is 1. The van der Waals surface area contributed by atoms with Crippen LogP contribution in [0.15, 0.2) is 24.3 Å². The first-order valence-electron chi connectivity index (χ1n) is 6.73. The van der Waals surface area contributed by atoms with Crippen molar-refractivity contribution in [3.8, 4) is 0 Å². The summed E-state index contributed by atoms with van der Waals surface area (Å²) in [5.41, 5.74) is -1.97. The maximum absolute atomic E-state index is 12.9. The first kappa shape index (κ1) is 16.9. The largest absolute Gasteiger partial charge is 0.453 e. The number of hydrogen-bond donors (Lipinski definition) is 2. The Morgan fingerprint density at radius 3 is 2.43 bits per heavy atom. The monoisotopic (exact) mass is 331 g/mol. The van der Waals surface area contributed by atoms with Gasteiger partial charge in [-0.15, -0.1) is 0 Å². The van der Waals surface area contributed by atoms with Crippen molar-refractivity contribution in [1.29, 1.82) is 0 Å². The van der Waals surface area contributed by atoms with Gasteiger partial charge >= 0.3 is 18.3 Å². The van der Waals surface area contributed by atoms with E-state index in [1.165, 1.54) is 30.2 Å². The van der Waals surface area contributed by atoms with E-state index < -0.39 is 29.4 Å². The Morgan fingerprint density at radius 2 is 1.87 bits per heavy atom. The van der Waals surface area contributed by atoms with Crippen molar-refractivity contribution in [2.75, 3.05) is 25.5 Å². The number of anilines is 1. The number of urea groups is 1. The molecule has 2 N–H and O–H groups in total. The molecule has 1 aliphatic rings. The van der Waals surface area contributed by atoms with Crippen LogP contribution < -0.4 is 10.6 Å². The Balaban J connectivity index is 1.98. The van der Waals surface area contributed by atoms with Crippen molar-refractivity contribution in [3.05, 3.63) is 29.8 Å². The van der Waals surface area contributed by atoms with Gasteiger partial charge in [-0.1, -0.05) is 12.1 Å². The number of ether oxygens (including phenoxy) is 1. The van der Waals surface area contributed by atoms with E-state index in [-0.39, 0.29) is 18.8 Å². The van der Waals surface area contributed by atoms with Gasteiger partial charge in [0, 0.05) is 13.1 Å². The third kappa shape index (κ3) is 3.85. The number of para-hydroxylation sites is 1. The van der Waals surface area contributed by atoms with E-state index in [2.05, 4.69) is 15.4 Å². The molecule has 23 heavy (non-hydrogen) atoms. The lowest BCUT2D eigenvalue weighted by Crippen LogP contribution is -2.70. The van der Waals surface area contributed by atoms with Crippen molar-refractivity contribution in [2.24, 2.45) is 0 Å². The molecule has 0 atom stereocenters. The lowest BCUT2D eigenvalue weighted by molar-refractivity contribution is -0.136. The number of halogens is 3. The van der Waals surface area contributed by atoms with Gasteiger partial charge < -0.3 is 20.3 Å². The van der Waals surface area contributed by atoms with E-state index in [0.29, 0.717) is 0 Å². The van der Waals surface area contributed by atoms with Gasteiger partial charge in [0.05, 0.1) is 23.9 Å². The highest BCUT2D eigenvalue weighted by Crippen LogP contribution is 2.34. The summed E-state index contributed by atoms with van der Waals surface area (Å²) in [6.07, 6.45) is -5.08. The van der Waals surface area contributed by atoms with Gasteiger partial charge in [-0.25, -0.2) is 9.59 Å². The molecule has 1 aromatic rings. The fraction of sp³-hybridized carbons (Fsp3) is 0.429. The van der Waals surface area contributed by atoms with E-state index in [1.54, 1.807) is 6.92 Å². The molecule has 1 aromatic carbocycles. The summed E-state index contributed by atoms with van der Waals surface area (Å²) in [6.45, 7) is 2.11. The molecule has 1 heterocycles. The van der Waals surface area contributed by atoms with Gasteiger partial charge in [-0.2, -0.15) is 13.2 Å². The second kappa shape index (κ2) is 5.98. The lowest BCUT2D eigenvalue weighted by Gasteiger charge is -2.47. The van der Waals surface area contributed by atoms with E-state index >= 15 is 0 Å². The van der Waals surface area contributed by atoms with Crippen LogP contribution in [0.5, 0.6) is 0 Å². The van der Waals surface area contributed by atoms with Crippen molar-refractivity contribution in [1.82, 2.24) is 10.2 Å². The van der Waals surface area contributed by atoms with Crippen LogP contribution in [0.2, 0.25) is 0 Å². The number of likely N-dealkylation sites (tertiary alicyclic amines) is 1. The molecular weight excluding hydrogens is 315 g/mol. The third-order valence-electron chi connectivity index (χ3n) is 3.41. The van der Waals surface area contributed by atoms with E-state index in [1.807, 2.05) is 0 Å². The van der Waals surface area contributed by atoms with Gasteiger partial charge in [0.2, 0.25) is 0 Å². The van der Waals surface area contributed by atoms with Crippen molar-refractivity contribution in [3.63, 3.8) is 0 Å². The third-order valence-corrected chi connectivity index (χ3v) is 3.41. The highest BCUT2D eigenvalue weighted by atomic mass is 19.4. The average molecular weight is 331 g/mol. The maximum atomic E-state index is 12.9. The quantitative estimate of drug-likeness (QED) is 0.875. The number of rotatable bonds is 2. The number of carbonyl (C=O) groups is 2. The Labute approximate surface area is 130 Å². The summed E-state index contributed by atoms with van der Waals surface area (Å²) in [7, 11) is 1.24. The molecule has 3 amide bonds. The van der Waals surface area contributed by atoms with Crippen molar-refractivity contribution < 1.29 is 27.5 Å². The summed E-state index contributed by atoms with van der Waals surface area (Å²) < 4.78 is 43.1. The molecule has 9 heteroatoms. The minimum absolute atomic E-state index is 0.216. The SMILES string of the molecule is COC(=O)N1CC(C)(NC(=O)Nc2ccccc2C(F)(F)F)C1. The number of methoxy groups -OCH3 is 1. The highest BCUT2D eigenvalue weighted by Gasteiger charge is 2.43. The van der Waals surface area contributed by atoms with Gasteiger partial charge in [-0.05, 0) is 19.1 Å². The fourth-order valence-corrected chi connectivity index (χ4v) is 2.40. The standard InChI is InChI=1S/C14H16F3N3O3/c1-13(7-20(8-13)12(22)23-2)19-11(21)18-10-6-4-3-5-9(10)14(15,16)17/h3-6H,7-8H2,1-2H3,(H2,18,19,21). The molecule has 6 nitrogen and oxygen atoms in total. The zero-order valence-electron chi connectivity index (χ0n) is 12.5. The maximum Gasteiger partial charge on any atom is 0.418 e. The predicted octanol–water partition coefficient (Wildman–Crippen LogP) is 2.67. The number of carbonyl (C=O) groups excluding carboxylic acids is 2. The molecule has 0 bridgehead atoms. The number of nitrogens with one attached hydrogen (secondary N) is 2. The van der Waals surface area contributed by atoms with Crippen molar-refractivity contribution in [2.45, 2.75) is 18.6 Å². The fourth-order valence-electron chi connectivity index (χ4n) is 2.40.